The molecule has 1 saturated carbocycles. The molecule has 0 aliphatic heterocycles. The van der Waals surface area contributed by atoms with E-state index < -0.39 is 0 Å². The predicted octanol–water partition coefficient (Wildman–Crippen LogP) is 2.84. The van der Waals surface area contributed by atoms with Crippen molar-refractivity contribution in [2.24, 2.45) is 5.92 Å². The molecule has 1 fully saturated rings. The van der Waals surface area contributed by atoms with Gasteiger partial charge in [-0.1, -0.05) is 31.0 Å². The summed E-state index contributed by atoms with van der Waals surface area (Å²) in [6.07, 6.45) is 3.38. The fraction of sp³-hybridized carbons (Fsp3) is 0.320. The zero-order valence-electron chi connectivity index (χ0n) is 18.0. The van der Waals surface area contributed by atoms with Gasteiger partial charge in [-0.2, -0.15) is 0 Å². The number of hydrogen-bond acceptors (Lipinski definition) is 4. The Labute approximate surface area is 186 Å². The minimum absolute atomic E-state index is 0.197. The second kappa shape index (κ2) is 9.68. The van der Waals surface area contributed by atoms with Crippen LogP contribution >= 0.6 is 0 Å². The van der Waals surface area contributed by atoms with Gasteiger partial charge in [0.15, 0.2) is 0 Å². The van der Waals surface area contributed by atoms with E-state index in [-0.39, 0.29) is 23.8 Å². The lowest BCUT2D eigenvalue weighted by molar-refractivity contribution is -0.744. The fourth-order valence-electron chi connectivity index (χ4n) is 4.34. The van der Waals surface area contributed by atoms with Crippen molar-refractivity contribution in [3.63, 3.8) is 0 Å². The highest BCUT2D eigenvalue weighted by Crippen LogP contribution is 2.25. The summed E-state index contributed by atoms with van der Waals surface area (Å²) >= 11 is 0. The van der Waals surface area contributed by atoms with Crippen molar-refractivity contribution in [2.75, 3.05) is 0 Å². The SMILES string of the molecule is Cc1cc(COc2ccc(C(=O)N[C@@H]3CCCC[C@@H]3/C(O)=[NH+]/O)cc2)c2ccccc2n1. The average molecular weight is 435 g/mol. The topological polar surface area (TPSA) is 106 Å². The van der Waals surface area contributed by atoms with Crippen LogP contribution in [0.2, 0.25) is 0 Å². The Balaban J connectivity index is 1.41. The Morgan fingerprint density at radius 3 is 2.69 bits per heavy atom. The Morgan fingerprint density at radius 2 is 1.91 bits per heavy atom. The van der Waals surface area contributed by atoms with Crippen LogP contribution in [0.4, 0.5) is 0 Å². The molecule has 1 aliphatic rings. The fourth-order valence-corrected chi connectivity index (χ4v) is 4.34. The molecule has 166 valence electrons. The summed E-state index contributed by atoms with van der Waals surface area (Å²) in [7, 11) is 0. The van der Waals surface area contributed by atoms with Gasteiger partial charge in [-0.05, 0) is 61.3 Å². The second-order valence-electron chi connectivity index (χ2n) is 8.22. The number of nitrogens with one attached hydrogen (secondary N) is 2. The third-order valence-corrected chi connectivity index (χ3v) is 5.99. The molecule has 0 unspecified atom stereocenters. The van der Waals surface area contributed by atoms with Gasteiger partial charge in [0.2, 0.25) is 0 Å². The summed E-state index contributed by atoms with van der Waals surface area (Å²) in [5, 5.41) is 24.8. The minimum Gasteiger partial charge on any atom is -0.489 e. The molecule has 0 saturated heterocycles. The lowest BCUT2D eigenvalue weighted by Crippen LogP contribution is -2.72. The van der Waals surface area contributed by atoms with Crippen molar-refractivity contribution in [3.05, 3.63) is 71.4 Å². The molecular weight excluding hydrogens is 406 g/mol. The molecular formula is C25H28N3O4+. The Morgan fingerprint density at radius 1 is 1.16 bits per heavy atom. The van der Waals surface area contributed by atoms with Crippen LogP contribution in [0.25, 0.3) is 10.9 Å². The molecule has 0 spiro atoms. The number of hydrogen-bond donors (Lipinski definition) is 4. The number of carbonyl (C=O) groups excluding carboxylic acids is 1. The van der Waals surface area contributed by atoms with Crippen LogP contribution in [0.1, 0.15) is 47.3 Å². The van der Waals surface area contributed by atoms with Crippen molar-refractivity contribution in [1.29, 1.82) is 0 Å². The van der Waals surface area contributed by atoms with E-state index in [1.165, 1.54) is 0 Å². The lowest BCUT2D eigenvalue weighted by atomic mass is 9.84. The molecule has 2 aromatic carbocycles. The number of para-hydroxylation sites is 1. The number of aliphatic hydroxyl groups excluding tert-OH is 1. The lowest BCUT2D eigenvalue weighted by Gasteiger charge is -2.28. The highest BCUT2D eigenvalue weighted by Gasteiger charge is 2.34. The number of aryl methyl sites for hydroxylation is 1. The van der Waals surface area contributed by atoms with Gasteiger partial charge in [0.25, 0.3) is 5.91 Å². The summed E-state index contributed by atoms with van der Waals surface area (Å²) in [6, 6.07) is 16.8. The summed E-state index contributed by atoms with van der Waals surface area (Å²) < 4.78 is 5.97. The molecule has 0 radical (unpaired) electrons. The van der Waals surface area contributed by atoms with Crippen molar-refractivity contribution in [3.8, 4) is 5.75 Å². The third-order valence-electron chi connectivity index (χ3n) is 5.99. The van der Waals surface area contributed by atoms with Crippen LogP contribution in [0.3, 0.4) is 0 Å². The number of benzene rings is 2. The zero-order valence-corrected chi connectivity index (χ0v) is 18.0. The third kappa shape index (κ3) is 4.82. The normalized spacial score (nSPS) is 19.0. The van der Waals surface area contributed by atoms with Crippen LogP contribution in [0, 0.1) is 12.8 Å². The molecule has 1 aliphatic carbocycles. The van der Waals surface area contributed by atoms with Crippen molar-refractivity contribution < 1.29 is 25.0 Å². The zero-order chi connectivity index (χ0) is 22.5. The highest BCUT2D eigenvalue weighted by atomic mass is 16.5. The first-order valence-electron chi connectivity index (χ1n) is 10.9. The van der Waals surface area contributed by atoms with Gasteiger partial charge >= 0.3 is 5.90 Å². The molecule has 32 heavy (non-hydrogen) atoms. The molecule has 3 aromatic rings. The van der Waals surface area contributed by atoms with Crippen molar-refractivity contribution >= 4 is 22.7 Å². The van der Waals surface area contributed by atoms with Gasteiger partial charge in [-0.25, -0.2) is 0 Å². The van der Waals surface area contributed by atoms with Crippen molar-refractivity contribution in [2.45, 2.75) is 45.3 Å². The van der Waals surface area contributed by atoms with E-state index in [0.29, 0.717) is 24.3 Å². The maximum atomic E-state index is 12.7. The number of carbonyl (C=O) groups is 1. The predicted molar refractivity (Wildman–Crippen MR) is 121 cm³/mol. The smallest absolute Gasteiger partial charge is 0.385 e. The maximum absolute atomic E-state index is 12.7. The van der Waals surface area contributed by atoms with E-state index in [9.17, 15) is 9.90 Å². The van der Waals surface area contributed by atoms with Crippen LogP contribution in [-0.2, 0) is 6.61 Å². The van der Waals surface area contributed by atoms with Gasteiger partial charge in [0, 0.05) is 28.2 Å². The number of fused-ring (bicyclic) bond motifs is 1. The van der Waals surface area contributed by atoms with E-state index in [4.69, 9.17) is 9.94 Å². The minimum atomic E-state index is -0.307. The molecule has 2 atom stereocenters. The number of aromatic nitrogens is 1. The molecule has 7 heteroatoms. The monoisotopic (exact) mass is 434 g/mol. The molecule has 1 heterocycles. The number of ether oxygens (including phenoxy) is 1. The molecule has 7 nitrogen and oxygen atoms in total. The Kier molecular flexibility index (Phi) is 6.54. The van der Waals surface area contributed by atoms with Gasteiger partial charge in [-0.3, -0.25) is 15.0 Å². The van der Waals surface area contributed by atoms with Crippen molar-refractivity contribution in [1.82, 2.24) is 10.3 Å². The first-order valence-corrected chi connectivity index (χ1v) is 10.9. The first-order chi connectivity index (χ1) is 15.5. The van der Waals surface area contributed by atoms with Gasteiger partial charge in [0.05, 0.1) is 5.52 Å². The Bertz CT molecular complexity index is 1130. The second-order valence-corrected chi connectivity index (χ2v) is 8.22. The standard InChI is InChI=1S/C25H27N3O4/c1-16-14-18(20-6-2-4-8-22(20)26-16)15-32-19-12-10-17(11-13-19)24(29)27-23-9-5-3-7-21(23)25(30)28-31/h2,4,6,8,10-14,21,23,31H,3,5,7,9,15H2,1H3,(H,27,29)(H,28,30)/p+1/t21-,23+/m0/s1. The number of amides is 1. The van der Waals surface area contributed by atoms with E-state index in [0.717, 1.165) is 41.4 Å². The van der Waals surface area contributed by atoms with Crippen LogP contribution < -0.4 is 15.2 Å². The highest BCUT2D eigenvalue weighted by molar-refractivity contribution is 5.94. The number of rotatable bonds is 6. The average Bonchev–Trinajstić information content (AvgIpc) is 2.82. The summed E-state index contributed by atoms with van der Waals surface area (Å²) in [5.41, 5.74) is 3.46. The number of nitrogens with zero attached hydrogens (tertiary/aromatic N) is 1. The van der Waals surface area contributed by atoms with E-state index in [1.807, 2.05) is 42.4 Å². The molecule has 0 bridgehead atoms. The van der Waals surface area contributed by atoms with Gasteiger partial charge < -0.3 is 15.2 Å². The maximum Gasteiger partial charge on any atom is 0.385 e. The van der Waals surface area contributed by atoms with Crippen LogP contribution in [0.5, 0.6) is 5.75 Å². The van der Waals surface area contributed by atoms with E-state index >= 15 is 0 Å². The molecule has 1 aromatic heterocycles. The van der Waals surface area contributed by atoms with Gasteiger partial charge in [0.1, 0.15) is 18.3 Å². The summed E-state index contributed by atoms with van der Waals surface area (Å²) in [4.78, 5) is 17.3. The van der Waals surface area contributed by atoms with Gasteiger partial charge in [-0.15, -0.1) is 0 Å². The van der Waals surface area contributed by atoms with Crippen LogP contribution in [0.15, 0.2) is 54.6 Å². The largest absolute Gasteiger partial charge is 0.489 e. The quantitative estimate of drug-likeness (QED) is 0.207. The van der Waals surface area contributed by atoms with E-state index in [2.05, 4.69) is 10.3 Å². The van der Waals surface area contributed by atoms with E-state index in [1.54, 1.807) is 24.3 Å². The molecule has 4 N–H and O–H groups in total. The summed E-state index contributed by atoms with van der Waals surface area (Å²) in [6.45, 7) is 2.37. The number of pyridine rings is 1. The molecule has 4 rings (SSSR count). The summed E-state index contributed by atoms with van der Waals surface area (Å²) in [5.74, 6) is -0.0439. The first kappa shape index (κ1) is 21.6. The Hall–Kier alpha value is -3.61. The molecule has 1 amide bonds. The number of aliphatic hydroxyl groups is 1. The van der Waals surface area contributed by atoms with Crippen LogP contribution in [-0.4, -0.2) is 33.1 Å².